The zero-order valence-electron chi connectivity index (χ0n) is 11.1. The molecule has 0 atom stereocenters. The fourth-order valence-corrected chi connectivity index (χ4v) is 3.42. The minimum Gasteiger partial charge on any atom is -0.268 e. The van der Waals surface area contributed by atoms with E-state index in [9.17, 15) is 9.18 Å². The molecular weight excluding hydrogens is 341 g/mol. The van der Waals surface area contributed by atoms with Crippen LogP contribution in [-0.4, -0.2) is 10.2 Å². The Morgan fingerprint density at radius 2 is 1.73 bits per heavy atom. The molecule has 1 heterocycles. The Balaban J connectivity index is 1.91. The van der Waals surface area contributed by atoms with Gasteiger partial charge in [-0.2, -0.15) is 0 Å². The SMILES string of the molecule is O=C1C(=Cc2ccc(F)cc2)SC(=S)N1c1ccc(Cl)cc1. The largest absolute Gasteiger partial charge is 0.270 e. The lowest BCUT2D eigenvalue weighted by Gasteiger charge is -2.14. The highest BCUT2D eigenvalue weighted by molar-refractivity contribution is 8.27. The van der Waals surface area contributed by atoms with Crippen LogP contribution in [0.4, 0.5) is 10.1 Å². The summed E-state index contributed by atoms with van der Waals surface area (Å²) in [6.45, 7) is 0. The number of amides is 1. The van der Waals surface area contributed by atoms with Crippen molar-refractivity contribution in [3.8, 4) is 0 Å². The number of nitrogens with zero attached hydrogens (tertiary/aromatic N) is 1. The van der Waals surface area contributed by atoms with Crippen molar-refractivity contribution in [1.29, 1.82) is 0 Å². The van der Waals surface area contributed by atoms with Crippen molar-refractivity contribution in [3.05, 3.63) is 69.8 Å². The van der Waals surface area contributed by atoms with Gasteiger partial charge < -0.3 is 0 Å². The Hall–Kier alpha value is -1.69. The molecule has 2 aromatic carbocycles. The monoisotopic (exact) mass is 349 g/mol. The van der Waals surface area contributed by atoms with Gasteiger partial charge in [-0.15, -0.1) is 0 Å². The molecule has 22 heavy (non-hydrogen) atoms. The van der Waals surface area contributed by atoms with Crippen molar-refractivity contribution in [3.63, 3.8) is 0 Å². The lowest BCUT2D eigenvalue weighted by atomic mass is 10.2. The number of hydrogen-bond acceptors (Lipinski definition) is 3. The molecule has 1 amide bonds. The van der Waals surface area contributed by atoms with Crippen molar-refractivity contribution in [2.45, 2.75) is 0 Å². The van der Waals surface area contributed by atoms with Crippen LogP contribution in [0.15, 0.2) is 53.4 Å². The Morgan fingerprint density at radius 3 is 2.36 bits per heavy atom. The Kier molecular flexibility index (Phi) is 4.29. The molecule has 0 N–H and O–H groups in total. The lowest BCUT2D eigenvalue weighted by Crippen LogP contribution is -2.27. The summed E-state index contributed by atoms with van der Waals surface area (Å²) in [5, 5.41) is 0.594. The third-order valence-electron chi connectivity index (χ3n) is 3.05. The Bertz CT molecular complexity index is 772. The molecule has 1 saturated heterocycles. The summed E-state index contributed by atoms with van der Waals surface area (Å²) in [7, 11) is 0. The molecule has 0 aromatic heterocycles. The van der Waals surface area contributed by atoms with Crippen LogP contribution in [0.3, 0.4) is 0 Å². The molecule has 1 fully saturated rings. The molecule has 3 rings (SSSR count). The Labute approximate surface area is 141 Å². The van der Waals surface area contributed by atoms with Crippen molar-refractivity contribution in [1.82, 2.24) is 0 Å². The number of anilines is 1. The van der Waals surface area contributed by atoms with E-state index in [1.165, 1.54) is 28.8 Å². The standard InChI is InChI=1S/C16H9ClFNOS2/c17-11-3-7-13(8-4-11)19-15(20)14(22-16(19)21)9-10-1-5-12(18)6-2-10/h1-9H. The van der Waals surface area contributed by atoms with E-state index < -0.39 is 0 Å². The minimum absolute atomic E-state index is 0.193. The molecule has 0 spiro atoms. The number of thioether (sulfide) groups is 1. The summed E-state index contributed by atoms with van der Waals surface area (Å²) in [4.78, 5) is 14.5. The second-order valence-corrected chi connectivity index (χ2v) is 6.66. The van der Waals surface area contributed by atoms with E-state index in [2.05, 4.69) is 0 Å². The molecule has 0 bridgehead atoms. The Morgan fingerprint density at radius 1 is 1.09 bits per heavy atom. The molecule has 110 valence electrons. The van der Waals surface area contributed by atoms with Gasteiger partial charge in [0.05, 0.1) is 10.6 Å². The van der Waals surface area contributed by atoms with E-state index in [4.69, 9.17) is 23.8 Å². The molecule has 0 aliphatic carbocycles. The van der Waals surface area contributed by atoms with Gasteiger partial charge in [0.2, 0.25) is 0 Å². The third-order valence-corrected chi connectivity index (χ3v) is 4.60. The van der Waals surface area contributed by atoms with Crippen molar-refractivity contribution < 1.29 is 9.18 Å². The highest BCUT2D eigenvalue weighted by atomic mass is 35.5. The molecule has 2 aromatic rings. The van der Waals surface area contributed by atoms with Crippen LogP contribution in [0.1, 0.15) is 5.56 Å². The van der Waals surface area contributed by atoms with Crippen LogP contribution >= 0.6 is 35.6 Å². The first-order chi connectivity index (χ1) is 10.5. The molecule has 1 aliphatic heterocycles. The smallest absolute Gasteiger partial charge is 0.268 e. The van der Waals surface area contributed by atoms with Gasteiger partial charge in [0, 0.05) is 5.02 Å². The number of carbonyl (C=O) groups excluding carboxylic acids is 1. The second-order valence-electron chi connectivity index (χ2n) is 4.55. The van der Waals surface area contributed by atoms with Gasteiger partial charge in [-0.3, -0.25) is 9.69 Å². The molecule has 1 aliphatic rings. The molecule has 0 unspecified atom stereocenters. The molecule has 6 heteroatoms. The predicted molar refractivity (Wildman–Crippen MR) is 93.5 cm³/mol. The van der Waals surface area contributed by atoms with Gasteiger partial charge in [-0.05, 0) is 48.0 Å². The van der Waals surface area contributed by atoms with Gasteiger partial charge in [0.1, 0.15) is 5.82 Å². The normalized spacial score (nSPS) is 16.6. The summed E-state index contributed by atoms with van der Waals surface area (Å²) >= 11 is 12.4. The quantitative estimate of drug-likeness (QED) is 0.569. The van der Waals surface area contributed by atoms with E-state index in [1.54, 1.807) is 42.5 Å². The predicted octanol–water partition coefficient (Wildman–Crippen LogP) is 4.88. The highest BCUT2D eigenvalue weighted by Crippen LogP contribution is 2.36. The number of benzene rings is 2. The average molecular weight is 350 g/mol. The van der Waals surface area contributed by atoms with Crippen LogP contribution in [-0.2, 0) is 4.79 Å². The maximum atomic E-state index is 12.9. The zero-order chi connectivity index (χ0) is 15.7. The summed E-state index contributed by atoms with van der Waals surface area (Å²) in [5.74, 6) is -0.507. The van der Waals surface area contributed by atoms with E-state index in [0.29, 0.717) is 19.9 Å². The van der Waals surface area contributed by atoms with Gasteiger partial charge in [-0.25, -0.2) is 4.39 Å². The summed E-state index contributed by atoms with van der Waals surface area (Å²) in [6.07, 6.45) is 1.70. The molecule has 0 radical (unpaired) electrons. The van der Waals surface area contributed by atoms with Gasteiger partial charge >= 0.3 is 0 Å². The molecular formula is C16H9ClFNOS2. The number of halogens is 2. The number of thiocarbonyl (C=S) groups is 1. The van der Waals surface area contributed by atoms with Crippen LogP contribution in [0.5, 0.6) is 0 Å². The van der Waals surface area contributed by atoms with Crippen molar-refractivity contribution >= 4 is 57.6 Å². The number of carbonyl (C=O) groups is 1. The van der Waals surface area contributed by atoms with E-state index in [1.807, 2.05) is 0 Å². The molecule has 0 saturated carbocycles. The first kappa shape index (κ1) is 15.2. The topological polar surface area (TPSA) is 20.3 Å². The van der Waals surface area contributed by atoms with Gasteiger partial charge in [-0.1, -0.05) is 47.7 Å². The first-order valence-electron chi connectivity index (χ1n) is 6.34. The van der Waals surface area contributed by atoms with Crippen LogP contribution in [0.2, 0.25) is 5.02 Å². The maximum absolute atomic E-state index is 12.9. The lowest BCUT2D eigenvalue weighted by molar-refractivity contribution is -0.113. The maximum Gasteiger partial charge on any atom is 0.270 e. The van der Waals surface area contributed by atoms with Crippen molar-refractivity contribution in [2.24, 2.45) is 0 Å². The minimum atomic E-state index is -0.314. The fourth-order valence-electron chi connectivity index (χ4n) is 1.99. The van der Waals surface area contributed by atoms with E-state index in [-0.39, 0.29) is 11.7 Å². The summed E-state index contributed by atoms with van der Waals surface area (Å²) < 4.78 is 13.4. The summed E-state index contributed by atoms with van der Waals surface area (Å²) in [5.41, 5.74) is 1.42. The zero-order valence-corrected chi connectivity index (χ0v) is 13.5. The van der Waals surface area contributed by atoms with Gasteiger partial charge in [0.25, 0.3) is 5.91 Å². The second kappa shape index (κ2) is 6.20. The van der Waals surface area contributed by atoms with Gasteiger partial charge in [0.15, 0.2) is 4.32 Å². The van der Waals surface area contributed by atoms with E-state index in [0.717, 1.165) is 5.56 Å². The third kappa shape index (κ3) is 3.06. The number of rotatable bonds is 2. The highest BCUT2D eigenvalue weighted by Gasteiger charge is 2.33. The van der Waals surface area contributed by atoms with Crippen LogP contribution in [0, 0.1) is 5.82 Å². The van der Waals surface area contributed by atoms with Crippen LogP contribution < -0.4 is 4.90 Å². The summed E-state index contributed by atoms with van der Waals surface area (Å²) in [6, 6.07) is 12.8. The first-order valence-corrected chi connectivity index (χ1v) is 7.94. The van der Waals surface area contributed by atoms with E-state index >= 15 is 0 Å². The van der Waals surface area contributed by atoms with Crippen LogP contribution in [0.25, 0.3) is 6.08 Å². The fraction of sp³-hybridized carbons (Fsp3) is 0. The molecule has 2 nitrogen and oxygen atoms in total. The average Bonchev–Trinajstić information content (AvgIpc) is 2.77. The van der Waals surface area contributed by atoms with Crippen molar-refractivity contribution in [2.75, 3.05) is 4.90 Å². The number of hydrogen-bond donors (Lipinski definition) is 0.